The van der Waals surface area contributed by atoms with Gasteiger partial charge in [-0.1, -0.05) is 32.3 Å². The Morgan fingerprint density at radius 3 is 2.73 bits per heavy atom. The van der Waals surface area contributed by atoms with Crippen LogP contribution in [0.25, 0.3) is 0 Å². The van der Waals surface area contributed by atoms with Crippen molar-refractivity contribution in [2.45, 2.75) is 38.5 Å². The van der Waals surface area contributed by atoms with Crippen molar-refractivity contribution in [2.75, 3.05) is 6.61 Å². The van der Waals surface area contributed by atoms with Crippen molar-refractivity contribution in [1.29, 1.82) is 0 Å². The summed E-state index contributed by atoms with van der Waals surface area (Å²) in [5, 5.41) is 0. The molecule has 0 bridgehead atoms. The maximum absolute atomic E-state index is 5.06. The van der Waals surface area contributed by atoms with E-state index in [1.165, 1.54) is 44.8 Å². The van der Waals surface area contributed by atoms with Crippen LogP contribution >= 0.6 is 0 Å². The minimum atomic E-state index is 0.861. The summed E-state index contributed by atoms with van der Waals surface area (Å²) < 4.78 is 5.06. The quantitative estimate of drug-likeness (QED) is 0.436. The highest BCUT2D eigenvalue weighted by Crippen LogP contribution is 2.28. The third-order valence-corrected chi connectivity index (χ3v) is 2.47. The summed E-state index contributed by atoms with van der Waals surface area (Å²) in [5.41, 5.74) is 0. The SMILES string of the molecule is C=COCCCC1CCCC1. The fourth-order valence-electron chi connectivity index (χ4n) is 1.84. The van der Waals surface area contributed by atoms with Gasteiger partial charge in [0, 0.05) is 0 Å². The summed E-state index contributed by atoms with van der Waals surface area (Å²) in [6, 6.07) is 0. The molecule has 0 aliphatic heterocycles. The highest BCUT2D eigenvalue weighted by Gasteiger charge is 2.13. The second-order valence-corrected chi connectivity index (χ2v) is 3.33. The van der Waals surface area contributed by atoms with Crippen LogP contribution in [0.2, 0.25) is 0 Å². The molecule has 0 aromatic rings. The molecule has 1 nitrogen and oxygen atoms in total. The summed E-state index contributed by atoms with van der Waals surface area (Å²) in [7, 11) is 0. The Balaban J connectivity index is 1.89. The first-order valence-electron chi connectivity index (χ1n) is 4.66. The molecule has 0 spiro atoms. The van der Waals surface area contributed by atoms with Crippen molar-refractivity contribution in [3.05, 3.63) is 12.8 Å². The topological polar surface area (TPSA) is 9.23 Å². The fourth-order valence-corrected chi connectivity index (χ4v) is 1.84. The Morgan fingerprint density at radius 1 is 1.36 bits per heavy atom. The first kappa shape index (κ1) is 8.63. The maximum atomic E-state index is 5.06. The van der Waals surface area contributed by atoms with Crippen LogP contribution in [0.5, 0.6) is 0 Å². The number of rotatable bonds is 5. The molecule has 1 rings (SSSR count). The minimum Gasteiger partial charge on any atom is -0.502 e. The van der Waals surface area contributed by atoms with E-state index < -0.39 is 0 Å². The summed E-state index contributed by atoms with van der Waals surface area (Å²) >= 11 is 0. The number of ether oxygens (including phenoxy) is 1. The molecular weight excluding hydrogens is 136 g/mol. The van der Waals surface area contributed by atoms with Gasteiger partial charge in [-0.25, -0.2) is 0 Å². The van der Waals surface area contributed by atoms with Crippen molar-refractivity contribution >= 4 is 0 Å². The van der Waals surface area contributed by atoms with Gasteiger partial charge in [-0.3, -0.25) is 0 Å². The zero-order chi connectivity index (χ0) is 7.94. The van der Waals surface area contributed by atoms with Gasteiger partial charge in [-0.05, 0) is 18.8 Å². The molecule has 0 atom stereocenters. The van der Waals surface area contributed by atoms with Crippen molar-refractivity contribution in [1.82, 2.24) is 0 Å². The molecule has 0 aromatic heterocycles. The van der Waals surface area contributed by atoms with Crippen LogP contribution in [-0.2, 0) is 4.74 Å². The van der Waals surface area contributed by atoms with Crippen molar-refractivity contribution < 1.29 is 4.74 Å². The van der Waals surface area contributed by atoms with E-state index in [9.17, 15) is 0 Å². The molecule has 0 saturated heterocycles. The van der Waals surface area contributed by atoms with Gasteiger partial charge in [-0.15, -0.1) is 0 Å². The molecule has 0 unspecified atom stereocenters. The molecule has 11 heavy (non-hydrogen) atoms. The first-order valence-corrected chi connectivity index (χ1v) is 4.66. The standard InChI is InChI=1S/C10H18O/c1-2-11-9-5-8-10-6-3-4-7-10/h2,10H,1,3-9H2. The Bertz CT molecular complexity index is 103. The first-order chi connectivity index (χ1) is 5.43. The molecule has 1 aliphatic rings. The van der Waals surface area contributed by atoms with Crippen LogP contribution in [0.3, 0.4) is 0 Å². The van der Waals surface area contributed by atoms with Crippen LogP contribution in [-0.4, -0.2) is 6.61 Å². The lowest BCUT2D eigenvalue weighted by Crippen LogP contribution is -1.96. The van der Waals surface area contributed by atoms with Gasteiger partial charge in [0.1, 0.15) is 0 Å². The zero-order valence-electron chi connectivity index (χ0n) is 7.22. The van der Waals surface area contributed by atoms with E-state index in [1.54, 1.807) is 0 Å². The van der Waals surface area contributed by atoms with Gasteiger partial charge in [0.05, 0.1) is 12.9 Å². The van der Waals surface area contributed by atoms with Gasteiger partial charge in [-0.2, -0.15) is 0 Å². The molecule has 1 aliphatic carbocycles. The zero-order valence-corrected chi connectivity index (χ0v) is 7.22. The lowest BCUT2D eigenvalue weighted by molar-refractivity contribution is 0.234. The lowest BCUT2D eigenvalue weighted by Gasteiger charge is -2.07. The van der Waals surface area contributed by atoms with Crippen LogP contribution in [0.15, 0.2) is 12.8 Å². The average Bonchev–Trinajstić information content (AvgIpc) is 2.50. The van der Waals surface area contributed by atoms with E-state index in [2.05, 4.69) is 6.58 Å². The number of hydrogen-bond donors (Lipinski definition) is 0. The second-order valence-electron chi connectivity index (χ2n) is 3.33. The monoisotopic (exact) mass is 154 g/mol. The molecule has 64 valence electrons. The summed E-state index contributed by atoms with van der Waals surface area (Å²) in [6.45, 7) is 4.37. The van der Waals surface area contributed by atoms with Gasteiger partial charge < -0.3 is 4.74 Å². The van der Waals surface area contributed by atoms with E-state index in [4.69, 9.17) is 4.74 Å². The van der Waals surface area contributed by atoms with Crippen LogP contribution < -0.4 is 0 Å². The van der Waals surface area contributed by atoms with Crippen LogP contribution in [0, 0.1) is 5.92 Å². The number of hydrogen-bond acceptors (Lipinski definition) is 1. The Hall–Kier alpha value is -0.460. The minimum absolute atomic E-state index is 0.861. The lowest BCUT2D eigenvalue weighted by atomic mass is 10.0. The molecule has 0 N–H and O–H groups in total. The van der Waals surface area contributed by atoms with E-state index in [0.29, 0.717) is 0 Å². The highest BCUT2D eigenvalue weighted by molar-refractivity contribution is 4.67. The molecule has 0 heterocycles. The molecule has 0 radical (unpaired) electrons. The van der Waals surface area contributed by atoms with Crippen molar-refractivity contribution in [3.8, 4) is 0 Å². The molecule has 1 saturated carbocycles. The van der Waals surface area contributed by atoms with Crippen LogP contribution in [0.4, 0.5) is 0 Å². The fraction of sp³-hybridized carbons (Fsp3) is 0.800. The molecule has 0 amide bonds. The van der Waals surface area contributed by atoms with Crippen LogP contribution in [0.1, 0.15) is 38.5 Å². The maximum Gasteiger partial charge on any atom is 0.0873 e. The molecular formula is C10H18O. The van der Waals surface area contributed by atoms with Gasteiger partial charge in [0.25, 0.3) is 0 Å². The summed E-state index contributed by atoms with van der Waals surface area (Å²) in [6.07, 6.45) is 9.90. The highest BCUT2D eigenvalue weighted by atomic mass is 16.5. The van der Waals surface area contributed by atoms with E-state index in [-0.39, 0.29) is 0 Å². The van der Waals surface area contributed by atoms with E-state index >= 15 is 0 Å². The van der Waals surface area contributed by atoms with E-state index in [1.807, 2.05) is 0 Å². The average molecular weight is 154 g/mol. The Labute approximate surface area is 69.4 Å². The molecule has 0 aromatic carbocycles. The molecule has 1 fully saturated rings. The summed E-state index contributed by atoms with van der Waals surface area (Å²) in [5.74, 6) is 1.00. The largest absolute Gasteiger partial charge is 0.502 e. The second kappa shape index (κ2) is 5.22. The normalized spacial score (nSPS) is 18.5. The third kappa shape index (κ3) is 3.45. The van der Waals surface area contributed by atoms with Gasteiger partial charge >= 0.3 is 0 Å². The van der Waals surface area contributed by atoms with Crippen molar-refractivity contribution in [3.63, 3.8) is 0 Å². The van der Waals surface area contributed by atoms with E-state index in [0.717, 1.165) is 12.5 Å². The Kier molecular flexibility index (Phi) is 4.10. The van der Waals surface area contributed by atoms with Gasteiger partial charge in [0.15, 0.2) is 0 Å². The third-order valence-electron chi connectivity index (χ3n) is 2.47. The predicted molar refractivity (Wildman–Crippen MR) is 47.3 cm³/mol. The summed E-state index contributed by atoms with van der Waals surface area (Å²) in [4.78, 5) is 0. The van der Waals surface area contributed by atoms with Crippen molar-refractivity contribution in [2.24, 2.45) is 5.92 Å². The van der Waals surface area contributed by atoms with Gasteiger partial charge in [0.2, 0.25) is 0 Å². The molecule has 1 heteroatoms. The smallest absolute Gasteiger partial charge is 0.0873 e. The Morgan fingerprint density at radius 2 is 2.09 bits per heavy atom. The predicted octanol–water partition coefficient (Wildman–Crippen LogP) is 3.12.